The number of nitrogen functional groups attached to an aromatic ring is 1. The molecule has 0 unspecified atom stereocenters. The number of ether oxygens (including phenoxy) is 1. The van der Waals surface area contributed by atoms with E-state index in [1.807, 2.05) is 0 Å². The van der Waals surface area contributed by atoms with Crippen LogP contribution in [-0.2, 0) is 4.74 Å². The van der Waals surface area contributed by atoms with E-state index in [0.29, 0.717) is 11.2 Å². The lowest BCUT2D eigenvalue weighted by Crippen LogP contribution is -2.29. The summed E-state index contributed by atoms with van der Waals surface area (Å²) < 4.78 is 20.3. The number of rotatable bonds is 2. The van der Waals surface area contributed by atoms with Gasteiger partial charge in [0.2, 0.25) is 0 Å². The maximum atomic E-state index is 13.7. The highest BCUT2D eigenvalue weighted by Crippen LogP contribution is 2.33. The van der Waals surface area contributed by atoms with Gasteiger partial charge < -0.3 is 20.7 Å². The van der Waals surface area contributed by atoms with Crippen LogP contribution in [0, 0.1) is 0 Å². The van der Waals surface area contributed by atoms with E-state index in [-0.39, 0.29) is 5.82 Å². The standard InChI is InChI=1S/C10H12FN5O3/c11-5-4(1-17)19-10(7(5)18)16-3-15-6-8(12)13-2-14-9(6)16/h2-5,7,10,17-18H,1H2,(H2,12,13,14)/t4-,5-,7+,10+/m1/s1. The third-order valence-corrected chi connectivity index (χ3v) is 3.13. The van der Waals surface area contributed by atoms with Crippen molar-refractivity contribution in [3.63, 3.8) is 0 Å². The highest BCUT2D eigenvalue weighted by molar-refractivity contribution is 5.81. The van der Waals surface area contributed by atoms with Gasteiger partial charge in [0.25, 0.3) is 0 Å². The van der Waals surface area contributed by atoms with E-state index in [1.54, 1.807) is 0 Å². The lowest BCUT2D eigenvalue weighted by atomic mass is 10.1. The summed E-state index contributed by atoms with van der Waals surface area (Å²) in [6.07, 6.45) is -2.58. The van der Waals surface area contributed by atoms with Crippen LogP contribution in [0.25, 0.3) is 11.2 Å². The van der Waals surface area contributed by atoms with E-state index < -0.39 is 31.2 Å². The number of aromatic nitrogens is 4. The Morgan fingerprint density at radius 1 is 1.42 bits per heavy atom. The van der Waals surface area contributed by atoms with Crippen LogP contribution in [0.5, 0.6) is 0 Å². The van der Waals surface area contributed by atoms with Crippen LogP contribution >= 0.6 is 0 Å². The molecule has 1 aliphatic rings. The van der Waals surface area contributed by atoms with E-state index in [1.165, 1.54) is 17.2 Å². The van der Waals surface area contributed by atoms with Crippen LogP contribution in [-0.4, -0.2) is 54.7 Å². The second-order valence-corrected chi connectivity index (χ2v) is 4.27. The molecule has 1 aliphatic heterocycles. The average molecular weight is 269 g/mol. The van der Waals surface area contributed by atoms with Gasteiger partial charge in [-0.1, -0.05) is 0 Å². The van der Waals surface area contributed by atoms with Crippen molar-refractivity contribution < 1.29 is 19.3 Å². The Morgan fingerprint density at radius 2 is 2.21 bits per heavy atom. The van der Waals surface area contributed by atoms with Gasteiger partial charge >= 0.3 is 0 Å². The van der Waals surface area contributed by atoms with E-state index >= 15 is 0 Å². The number of anilines is 1. The first-order chi connectivity index (χ1) is 9.13. The molecule has 3 rings (SSSR count). The Balaban J connectivity index is 2.04. The van der Waals surface area contributed by atoms with Gasteiger partial charge in [-0.15, -0.1) is 0 Å². The summed E-state index contributed by atoms with van der Waals surface area (Å²) in [6.45, 7) is -0.515. The van der Waals surface area contributed by atoms with E-state index in [2.05, 4.69) is 15.0 Å². The van der Waals surface area contributed by atoms with E-state index in [4.69, 9.17) is 15.6 Å². The Kier molecular flexibility index (Phi) is 2.81. The largest absolute Gasteiger partial charge is 0.394 e. The van der Waals surface area contributed by atoms with Crippen molar-refractivity contribution in [2.75, 3.05) is 12.3 Å². The number of fused-ring (bicyclic) bond motifs is 1. The Morgan fingerprint density at radius 3 is 2.89 bits per heavy atom. The topological polar surface area (TPSA) is 119 Å². The summed E-state index contributed by atoms with van der Waals surface area (Å²) in [5.74, 6) is 0.187. The molecule has 4 N–H and O–H groups in total. The van der Waals surface area contributed by atoms with Crippen LogP contribution in [0.1, 0.15) is 6.23 Å². The average Bonchev–Trinajstić information content (AvgIpc) is 2.94. The zero-order valence-corrected chi connectivity index (χ0v) is 9.72. The molecule has 2 aromatic heterocycles. The summed E-state index contributed by atoms with van der Waals surface area (Å²) >= 11 is 0. The van der Waals surface area contributed by atoms with Crippen molar-refractivity contribution in [3.8, 4) is 0 Å². The van der Waals surface area contributed by atoms with Gasteiger partial charge in [0.15, 0.2) is 23.9 Å². The molecular formula is C10H12FN5O3. The Hall–Kier alpha value is -1.84. The quantitative estimate of drug-likeness (QED) is 0.639. The number of imidazole rings is 1. The van der Waals surface area contributed by atoms with Gasteiger partial charge in [0, 0.05) is 0 Å². The molecule has 3 heterocycles. The predicted octanol–water partition coefficient (Wildman–Crippen LogP) is -1.00. The number of alkyl halides is 1. The third kappa shape index (κ3) is 1.74. The van der Waals surface area contributed by atoms with E-state index in [9.17, 15) is 9.50 Å². The van der Waals surface area contributed by atoms with Crippen LogP contribution in [0.4, 0.5) is 10.2 Å². The minimum Gasteiger partial charge on any atom is -0.394 e. The minimum absolute atomic E-state index is 0.187. The maximum Gasteiger partial charge on any atom is 0.167 e. The first-order valence-corrected chi connectivity index (χ1v) is 5.65. The fraction of sp³-hybridized carbons (Fsp3) is 0.500. The summed E-state index contributed by atoms with van der Waals surface area (Å²) in [4.78, 5) is 11.8. The molecule has 0 aliphatic carbocycles. The molecule has 0 bridgehead atoms. The SMILES string of the molecule is Nc1ncnc2c1ncn2[C@H]1O[C@H](CO)[C@@H](F)[C@@H]1O. The number of hydrogen-bond acceptors (Lipinski definition) is 7. The molecule has 0 radical (unpaired) electrons. The van der Waals surface area contributed by atoms with Crippen molar-refractivity contribution in [1.82, 2.24) is 19.5 Å². The lowest BCUT2D eigenvalue weighted by molar-refractivity contribution is -0.0495. The Bertz CT molecular complexity index is 606. The maximum absolute atomic E-state index is 13.7. The molecule has 4 atom stereocenters. The van der Waals surface area contributed by atoms with Crippen molar-refractivity contribution in [3.05, 3.63) is 12.7 Å². The Labute approximate surface area is 106 Å². The van der Waals surface area contributed by atoms with Crippen molar-refractivity contribution >= 4 is 17.0 Å². The number of aliphatic hydroxyl groups is 2. The summed E-state index contributed by atoms with van der Waals surface area (Å²) in [5.41, 5.74) is 6.32. The molecule has 1 saturated heterocycles. The molecule has 8 nitrogen and oxygen atoms in total. The van der Waals surface area contributed by atoms with Crippen LogP contribution in [0.15, 0.2) is 12.7 Å². The molecule has 102 valence electrons. The van der Waals surface area contributed by atoms with Gasteiger partial charge in [-0.25, -0.2) is 19.3 Å². The van der Waals surface area contributed by atoms with Crippen LogP contribution in [0.3, 0.4) is 0 Å². The van der Waals surface area contributed by atoms with Crippen LogP contribution in [0.2, 0.25) is 0 Å². The molecule has 19 heavy (non-hydrogen) atoms. The van der Waals surface area contributed by atoms with Gasteiger partial charge in [-0.2, -0.15) is 0 Å². The second-order valence-electron chi connectivity index (χ2n) is 4.27. The number of nitrogens with two attached hydrogens (primary N) is 1. The summed E-state index contributed by atoms with van der Waals surface area (Å²) in [7, 11) is 0. The minimum atomic E-state index is -1.67. The third-order valence-electron chi connectivity index (χ3n) is 3.13. The molecule has 2 aromatic rings. The monoisotopic (exact) mass is 269 g/mol. The van der Waals surface area contributed by atoms with Crippen molar-refractivity contribution in [1.29, 1.82) is 0 Å². The molecular weight excluding hydrogens is 257 g/mol. The second kappa shape index (κ2) is 4.37. The number of halogens is 1. The first-order valence-electron chi connectivity index (χ1n) is 5.65. The van der Waals surface area contributed by atoms with E-state index in [0.717, 1.165) is 0 Å². The van der Waals surface area contributed by atoms with Gasteiger partial charge in [0.1, 0.15) is 24.1 Å². The van der Waals surface area contributed by atoms with Gasteiger partial charge in [-0.05, 0) is 0 Å². The zero-order chi connectivity index (χ0) is 13.6. The number of nitrogens with zero attached hydrogens (tertiary/aromatic N) is 4. The fourth-order valence-corrected chi connectivity index (χ4v) is 2.14. The summed E-state index contributed by atoms with van der Waals surface area (Å²) in [5, 5.41) is 18.8. The van der Waals surface area contributed by atoms with Crippen molar-refractivity contribution in [2.45, 2.75) is 24.6 Å². The molecule has 0 amide bonds. The molecule has 1 fully saturated rings. The smallest absolute Gasteiger partial charge is 0.167 e. The number of hydrogen-bond donors (Lipinski definition) is 3. The first kappa shape index (κ1) is 12.2. The predicted molar refractivity (Wildman–Crippen MR) is 61.6 cm³/mol. The van der Waals surface area contributed by atoms with Gasteiger partial charge in [0.05, 0.1) is 12.9 Å². The zero-order valence-electron chi connectivity index (χ0n) is 9.72. The van der Waals surface area contributed by atoms with Crippen molar-refractivity contribution in [2.24, 2.45) is 0 Å². The molecule has 0 spiro atoms. The van der Waals surface area contributed by atoms with Crippen LogP contribution < -0.4 is 5.73 Å². The van der Waals surface area contributed by atoms with Gasteiger partial charge in [-0.3, -0.25) is 4.57 Å². The normalized spacial score (nSPS) is 31.1. The highest BCUT2D eigenvalue weighted by atomic mass is 19.1. The summed E-state index contributed by atoms with van der Waals surface area (Å²) in [6, 6.07) is 0. The number of aliphatic hydroxyl groups excluding tert-OH is 2. The molecule has 0 aromatic carbocycles. The molecule has 9 heteroatoms. The molecule has 0 saturated carbocycles. The lowest BCUT2D eigenvalue weighted by Gasteiger charge is -2.15. The fourth-order valence-electron chi connectivity index (χ4n) is 2.14. The highest BCUT2D eigenvalue weighted by Gasteiger charge is 2.45.